The van der Waals surface area contributed by atoms with Gasteiger partial charge in [0.15, 0.2) is 0 Å². The fourth-order valence-corrected chi connectivity index (χ4v) is 2.92. The number of benzene rings is 1. The highest BCUT2D eigenvalue weighted by Gasteiger charge is 2.27. The molecule has 1 aliphatic rings. The zero-order chi connectivity index (χ0) is 17.8. The third-order valence-electron chi connectivity index (χ3n) is 4.34. The van der Waals surface area contributed by atoms with E-state index in [1.807, 2.05) is 36.1 Å². The van der Waals surface area contributed by atoms with Gasteiger partial charge in [0.05, 0.1) is 17.2 Å². The normalized spacial score (nSPS) is 17.8. The Labute approximate surface area is 146 Å². The van der Waals surface area contributed by atoms with Crippen LogP contribution in [0.3, 0.4) is 0 Å². The number of nitrogen functional groups attached to an aromatic ring is 1. The standard InChI is InChI=1S/C18H21N5O2/c1-12-4-6-14(7-5-12)20-9-15-16(19)21-11-22-17(15)23-8-2-3-13(10-23)18(24)25/h4-7,9,11,13H,2-3,8,10H2,1H3,(H,24,25)(H2,19,21,22). The molecule has 1 saturated heterocycles. The smallest absolute Gasteiger partial charge is 0.308 e. The average Bonchev–Trinajstić information content (AvgIpc) is 2.62. The van der Waals surface area contributed by atoms with Crippen LogP contribution >= 0.6 is 0 Å². The van der Waals surface area contributed by atoms with Gasteiger partial charge in [-0.25, -0.2) is 9.97 Å². The first-order valence-electron chi connectivity index (χ1n) is 8.23. The number of hydrogen-bond donors (Lipinski definition) is 2. The van der Waals surface area contributed by atoms with Crippen LogP contribution in [0.2, 0.25) is 0 Å². The van der Waals surface area contributed by atoms with Crippen LogP contribution in [0.25, 0.3) is 0 Å². The van der Waals surface area contributed by atoms with Crippen molar-refractivity contribution in [3.05, 3.63) is 41.7 Å². The minimum absolute atomic E-state index is 0.332. The van der Waals surface area contributed by atoms with Gasteiger partial charge < -0.3 is 15.7 Å². The number of aliphatic imine (C=N–C) groups is 1. The van der Waals surface area contributed by atoms with Crippen molar-refractivity contribution >= 4 is 29.5 Å². The molecular weight excluding hydrogens is 318 g/mol. The summed E-state index contributed by atoms with van der Waals surface area (Å²) in [7, 11) is 0. The maximum atomic E-state index is 11.3. The molecule has 130 valence electrons. The molecule has 1 atom stereocenters. The summed E-state index contributed by atoms with van der Waals surface area (Å²) in [5.41, 5.74) is 8.61. The number of rotatable bonds is 4. The molecule has 2 heterocycles. The highest BCUT2D eigenvalue weighted by atomic mass is 16.4. The van der Waals surface area contributed by atoms with Crippen molar-refractivity contribution in [3.8, 4) is 0 Å². The number of carboxylic acids is 1. The van der Waals surface area contributed by atoms with Crippen molar-refractivity contribution in [3.63, 3.8) is 0 Å². The first kappa shape index (κ1) is 16.9. The van der Waals surface area contributed by atoms with Crippen LogP contribution in [0.1, 0.15) is 24.0 Å². The molecule has 2 aromatic rings. The van der Waals surface area contributed by atoms with Crippen LogP contribution in [0, 0.1) is 12.8 Å². The lowest BCUT2D eigenvalue weighted by molar-refractivity contribution is -0.141. The van der Waals surface area contributed by atoms with Crippen molar-refractivity contribution in [1.82, 2.24) is 9.97 Å². The summed E-state index contributed by atoms with van der Waals surface area (Å²) in [4.78, 5) is 26.1. The van der Waals surface area contributed by atoms with Crippen LogP contribution < -0.4 is 10.6 Å². The number of nitrogens with two attached hydrogens (primary N) is 1. The molecule has 3 rings (SSSR count). The summed E-state index contributed by atoms with van der Waals surface area (Å²) >= 11 is 0. The third kappa shape index (κ3) is 3.93. The van der Waals surface area contributed by atoms with E-state index >= 15 is 0 Å². The maximum absolute atomic E-state index is 11.3. The first-order valence-corrected chi connectivity index (χ1v) is 8.23. The second-order valence-electron chi connectivity index (χ2n) is 6.21. The van der Waals surface area contributed by atoms with Crippen LogP contribution in [0.4, 0.5) is 17.3 Å². The molecule has 25 heavy (non-hydrogen) atoms. The maximum Gasteiger partial charge on any atom is 0.308 e. The molecule has 0 aliphatic carbocycles. The van der Waals surface area contributed by atoms with Crippen molar-refractivity contribution in [2.75, 3.05) is 23.7 Å². The fourth-order valence-electron chi connectivity index (χ4n) is 2.92. The summed E-state index contributed by atoms with van der Waals surface area (Å²) in [6.07, 6.45) is 4.53. The zero-order valence-corrected chi connectivity index (χ0v) is 14.1. The Morgan fingerprint density at radius 1 is 1.36 bits per heavy atom. The lowest BCUT2D eigenvalue weighted by Crippen LogP contribution is -2.39. The van der Waals surface area contributed by atoms with Crippen LogP contribution in [-0.2, 0) is 4.79 Å². The summed E-state index contributed by atoms with van der Waals surface area (Å²) < 4.78 is 0. The van der Waals surface area contributed by atoms with E-state index in [1.54, 1.807) is 6.21 Å². The number of aromatic nitrogens is 2. The first-order chi connectivity index (χ1) is 12.0. The third-order valence-corrected chi connectivity index (χ3v) is 4.34. The van der Waals surface area contributed by atoms with Crippen molar-refractivity contribution in [2.24, 2.45) is 10.9 Å². The number of carbonyl (C=O) groups is 1. The molecule has 0 radical (unpaired) electrons. The van der Waals surface area contributed by atoms with Crippen molar-refractivity contribution < 1.29 is 9.90 Å². The van der Waals surface area contributed by atoms with E-state index in [9.17, 15) is 9.90 Å². The highest BCUT2D eigenvalue weighted by Crippen LogP contribution is 2.26. The Morgan fingerprint density at radius 2 is 2.12 bits per heavy atom. The summed E-state index contributed by atoms with van der Waals surface area (Å²) in [6.45, 7) is 3.17. The van der Waals surface area contributed by atoms with Crippen LogP contribution in [0.5, 0.6) is 0 Å². The van der Waals surface area contributed by atoms with E-state index in [0.717, 1.165) is 24.2 Å². The summed E-state index contributed by atoms with van der Waals surface area (Å²) in [6, 6.07) is 7.82. The molecule has 3 N–H and O–H groups in total. The van der Waals surface area contributed by atoms with E-state index in [2.05, 4.69) is 15.0 Å². The van der Waals surface area contributed by atoms with Gasteiger partial charge in [0.2, 0.25) is 0 Å². The average molecular weight is 339 g/mol. The monoisotopic (exact) mass is 339 g/mol. The van der Waals surface area contributed by atoms with E-state index in [0.29, 0.717) is 30.2 Å². The molecule has 1 aromatic heterocycles. The van der Waals surface area contributed by atoms with E-state index in [1.165, 1.54) is 6.33 Å². The molecule has 1 unspecified atom stereocenters. The molecule has 7 heteroatoms. The Bertz CT molecular complexity index is 789. The van der Waals surface area contributed by atoms with Crippen LogP contribution in [0.15, 0.2) is 35.6 Å². The Kier molecular flexibility index (Phi) is 4.92. The van der Waals surface area contributed by atoms with Gasteiger partial charge in [-0.3, -0.25) is 9.79 Å². The molecular formula is C18H21N5O2. The van der Waals surface area contributed by atoms with Gasteiger partial charge in [-0.1, -0.05) is 17.7 Å². The second kappa shape index (κ2) is 7.29. The Balaban J connectivity index is 1.89. The van der Waals surface area contributed by atoms with Gasteiger partial charge in [0.25, 0.3) is 0 Å². The van der Waals surface area contributed by atoms with Crippen molar-refractivity contribution in [2.45, 2.75) is 19.8 Å². The predicted molar refractivity (Wildman–Crippen MR) is 97.5 cm³/mol. The number of piperidine rings is 1. The van der Waals surface area contributed by atoms with Gasteiger partial charge in [0.1, 0.15) is 18.0 Å². The summed E-state index contributed by atoms with van der Waals surface area (Å²) in [5, 5.41) is 9.29. The van der Waals surface area contributed by atoms with Gasteiger partial charge in [-0.2, -0.15) is 0 Å². The molecule has 0 spiro atoms. The number of anilines is 2. The number of hydrogen-bond acceptors (Lipinski definition) is 6. The molecule has 1 fully saturated rings. The minimum Gasteiger partial charge on any atom is -0.481 e. The molecule has 1 aromatic carbocycles. The second-order valence-corrected chi connectivity index (χ2v) is 6.21. The molecule has 0 saturated carbocycles. The Hall–Kier alpha value is -2.96. The number of nitrogens with zero attached hydrogens (tertiary/aromatic N) is 4. The van der Waals surface area contributed by atoms with E-state index in [-0.39, 0.29) is 0 Å². The van der Waals surface area contributed by atoms with Gasteiger partial charge in [-0.05, 0) is 31.9 Å². The predicted octanol–water partition coefficient (Wildman–Crippen LogP) is 2.42. The number of carboxylic acid groups (broad SMARTS) is 1. The van der Waals surface area contributed by atoms with Crippen LogP contribution in [-0.4, -0.2) is 40.3 Å². The SMILES string of the molecule is Cc1ccc(N=Cc2c(N)ncnc2N2CCCC(C(=O)O)C2)cc1. The summed E-state index contributed by atoms with van der Waals surface area (Å²) in [5.74, 6) is -0.207. The fraction of sp³-hybridized carbons (Fsp3) is 0.333. The highest BCUT2D eigenvalue weighted by molar-refractivity contribution is 5.93. The molecule has 1 aliphatic heterocycles. The van der Waals surface area contributed by atoms with Crippen molar-refractivity contribution in [1.29, 1.82) is 0 Å². The largest absolute Gasteiger partial charge is 0.481 e. The molecule has 0 bridgehead atoms. The van der Waals surface area contributed by atoms with Gasteiger partial charge in [0, 0.05) is 19.3 Å². The lowest BCUT2D eigenvalue weighted by atomic mass is 9.98. The van der Waals surface area contributed by atoms with Gasteiger partial charge >= 0.3 is 5.97 Å². The lowest BCUT2D eigenvalue weighted by Gasteiger charge is -2.32. The quantitative estimate of drug-likeness (QED) is 0.829. The Morgan fingerprint density at radius 3 is 2.84 bits per heavy atom. The number of aliphatic carboxylic acids is 1. The van der Waals surface area contributed by atoms with E-state index in [4.69, 9.17) is 5.73 Å². The van der Waals surface area contributed by atoms with Gasteiger partial charge in [-0.15, -0.1) is 0 Å². The minimum atomic E-state index is -0.776. The molecule has 0 amide bonds. The van der Waals surface area contributed by atoms with E-state index < -0.39 is 11.9 Å². The topological polar surface area (TPSA) is 105 Å². The molecule has 7 nitrogen and oxygen atoms in total. The zero-order valence-electron chi connectivity index (χ0n) is 14.1. The number of aryl methyl sites for hydroxylation is 1.